The topological polar surface area (TPSA) is 51.9 Å². The van der Waals surface area contributed by atoms with E-state index in [1.165, 1.54) is 27.7 Å². The number of benzene rings is 2. The summed E-state index contributed by atoms with van der Waals surface area (Å²) in [4.78, 5) is 17.1. The Kier molecular flexibility index (Phi) is 5.50. The van der Waals surface area contributed by atoms with Crippen molar-refractivity contribution >= 4 is 23.3 Å². The average Bonchev–Trinajstić information content (AvgIpc) is 2.89. The second kappa shape index (κ2) is 8.09. The number of aryl methyl sites for hydroxylation is 2. The van der Waals surface area contributed by atoms with E-state index in [1.807, 2.05) is 49.5 Å². The molecule has 5 rings (SSSR count). The molecule has 0 amide bonds. The van der Waals surface area contributed by atoms with Gasteiger partial charge < -0.3 is 9.88 Å². The predicted molar refractivity (Wildman–Crippen MR) is 124 cm³/mol. The second-order valence-electron chi connectivity index (χ2n) is 7.77. The van der Waals surface area contributed by atoms with Crippen LogP contribution in [0, 0.1) is 6.92 Å². The lowest BCUT2D eigenvalue weighted by atomic mass is 10.1. The van der Waals surface area contributed by atoms with Gasteiger partial charge in [-0.2, -0.15) is 4.98 Å². The van der Waals surface area contributed by atoms with Crippen LogP contribution >= 0.6 is 12.4 Å². The van der Waals surface area contributed by atoms with Crippen LogP contribution in [0.5, 0.6) is 0 Å². The van der Waals surface area contributed by atoms with Crippen molar-refractivity contribution in [2.75, 3.05) is 13.1 Å². The first-order valence-electron chi connectivity index (χ1n) is 10.1. The highest BCUT2D eigenvalue weighted by Gasteiger charge is 2.17. The van der Waals surface area contributed by atoms with Crippen LogP contribution in [0.2, 0.25) is 0 Å². The monoisotopic (exact) mass is 420 g/mol. The van der Waals surface area contributed by atoms with E-state index in [-0.39, 0.29) is 18.1 Å². The van der Waals surface area contributed by atoms with Gasteiger partial charge in [-0.05, 0) is 43.7 Å². The third-order valence-electron chi connectivity index (χ3n) is 5.94. The number of rotatable bonds is 2. The molecule has 0 atom stereocenters. The van der Waals surface area contributed by atoms with E-state index in [1.54, 1.807) is 4.57 Å². The molecule has 0 saturated heterocycles. The van der Waals surface area contributed by atoms with Crippen molar-refractivity contribution in [2.24, 2.45) is 7.05 Å². The van der Waals surface area contributed by atoms with Gasteiger partial charge in [0.15, 0.2) is 0 Å². The molecule has 2 aromatic carbocycles. The van der Waals surface area contributed by atoms with Crippen LogP contribution in [0.4, 0.5) is 0 Å². The molecule has 30 heavy (non-hydrogen) atoms. The lowest BCUT2D eigenvalue weighted by Gasteiger charge is -2.08. The number of aromatic nitrogens is 3. The van der Waals surface area contributed by atoms with Crippen molar-refractivity contribution < 1.29 is 0 Å². The number of fused-ring (bicyclic) bond motifs is 3. The van der Waals surface area contributed by atoms with Gasteiger partial charge in [0.1, 0.15) is 0 Å². The quantitative estimate of drug-likeness (QED) is 0.536. The number of halogens is 1. The Labute approximate surface area is 181 Å². The molecule has 6 heteroatoms. The molecule has 0 radical (unpaired) electrons. The van der Waals surface area contributed by atoms with Crippen LogP contribution in [-0.4, -0.2) is 27.2 Å². The normalized spacial score (nSPS) is 13.5. The highest BCUT2D eigenvalue weighted by molar-refractivity contribution is 5.87. The summed E-state index contributed by atoms with van der Waals surface area (Å²) in [5, 5.41) is 4.76. The van der Waals surface area contributed by atoms with Crippen molar-refractivity contribution in [3.63, 3.8) is 0 Å². The fraction of sp³-hybridized carbons (Fsp3) is 0.250. The van der Waals surface area contributed by atoms with Crippen LogP contribution in [0.25, 0.3) is 27.8 Å². The highest BCUT2D eigenvalue weighted by Crippen LogP contribution is 2.29. The van der Waals surface area contributed by atoms with Crippen molar-refractivity contribution in [1.82, 2.24) is 19.4 Å². The molecule has 0 saturated carbocycles. The largest absolute Gasteiger partial charge is 0.352 e. The van der Waals surface area contributed by atoms with Crippen molar-refractivity contribution in [1.29, 1.82) is 0 Å². The summed E-state index contributed by atoms with van der Waals surface area (Å²) in [5.41, 5.74) is 7.42. The molecule has 1 N–H and O–H groups in total. The zero-order valence-corrected chi connectivity index (χ0v) is 18.0. The first-order chi connectivity index (χ1) is 14.1. The molecular weight excluding hydrogens is 396 g/mol. The molecule has 0 fully saturated rings. The van der Waals surface area contributed by atoms with Crippen LogP contribution in [-0.2, 0) is 19.9 Å². The average molecular weight is 421 g/mol. The zero-order valence-electron chi connectivity index (χ0n) is 17.2. The third-order valence-corrected chi connectivity index (χ3v) is 5.94. The lowest BCUT2D eigenvalue weighted by Crippen LogP contribution is -2.21. The Hall–Kier alpha value is -2.89. The minimum absolute atomic E-state index is 0. The van der Waals surface area contributed by atoms with E-state index >= 15 is 0 Å². The molecule has 0 bridgehead atoms. The van der Waals surface area contributed by atoms with Gasteiger partial charge in [-0.1, -0.05) is 35.9 Å². The van der Waals surface area contributed by atoms with Gasteiger partial charge in [0.05, 0.1) is 16.9 Å². The summed E-state index contributed by atoms with van der Waals surface area (Å²) >= 11 is 0. The Morgan fingerprint density at radius 2 is 1.77 bits per heavy atom. The van der Waals surface area contributed by atoms with Crippen molar-refractivity contribution in [2.45, 2.75) is 19.8 Å². The van der Waals surface area contributed by atoms with Gasteiger partial charge in [0.2, 0.25) is 0 Å². The summed E-state index contributed by atoms with van der Waals surface area (Å²) in [6, 6.07) is 16.2. The number of hydrogen-bond acceptors (Lipinski definition) is 3. The zero-order chi connectivity index (χ0) is 20.0. The number of nitrogens with zero attached hydrogens (tertiary/aromatic N) is 3. The molecule has 0 spiro atoms. The number of nitrogens with one attached hydrogen (secondary N) is 1. The molecule has 0 unspecified atom stereocenters. The molecule has 2 aromatic heterocycles. The maximum absolute atomic E-state index is 12.8. The van der Waals surface area contributed by atoms with E-state index < -0.39 is 0 Å². The first-order valence-corrected chi connectivity index (χ1v) is 10.1. The van der Waals surface area contributed by atoms with Crippen LogP contribution in [0.15, 0.2) is 59.5 Å². The van der Waals surface area contributed by atoms with Crippen LogP contribution < -0.4 is 11.0 Å². The molecule has 154 valence electrons. The summed E-state index contributed by atoms with van der Waals surface area (Å²) in [6.45, 7) is 4.07. The Balaban J connectivity index is 0.00000218. The van der Waals surface area contributed by atoms with E-state index in [4.69, 9.17) is 0 Å². The third kappa shape index (κ3) is 3.44. The molecule has 1 aliphatic rings. The second-order valence-corrected chi connectivity index (χ2v) is 7.77. The summed E-state index contributed by atoms with van der Waals surface area (Å²) in [7, 11) is 2.12. The van der Waals surface area contributed by atoms with Crippen LogP contribution in [0.1, 0.15) is 16.8 Å². The minimum atomic E-state index is -0.262. The van der Waals surface area contributed by atoms with Crippen molar-refractivity contribution in [3.8, 4) is 16.9 Å². The summed E-state index contributed by atoms with van der Waals surface area (Å²) < 4.78 is 3.90. The fourth-order valence-electron chi connectivity index (χ4n) is 4.33. The van der Waals surface area contributed by atoms with Gasteiger partial charge in [0, 0.05) is 42.9 Å². The molecule has 3 heterocycles. The van der Waals surface area contributed by atoms with E-state index in [2.05, 4.69) is 34.0 Å². The predicted octanol–water partition coefficient (Wildman–Crippen LogP) is 3.81. The van der Waals surface area contributed by atoms with Gasteiger partial charge in [-0.3, -0.25) is 4.57 Å². The molecule has 5 nitrogen and oxygen atoms in total. The number of hydrogen-bond donors (Lipinski definition) is 1. The molecule has 4 aromatic rings. The summed E-state index contributed by atoms with van der Waals surface area (Å²) in [6.07, 6.45) is 3.89. The Morgan fingerprint density at radius 1 is 1.00 bits per heavy atom. The molecule has 1 aliphatic heterocycles. The minimum Gasteiger partial charge on any atom is -0.347 e. The van der Waals surface area contributed by atoms with Crippen LogP contribution in [0.3, 0.4) is 0 Å². The van der Waals surface area contributed by atoms with Crippen molar-refractivity contribution in [3.05, 3.63) is 82.0 Å². The molecular formula is C24H25ClN4O. The highest BCUT2D eigenvalue weighted by atomic mass is 35.5. The summed E-state index contributed by atoms with van der Waals surface area (Å²) in [5.74, 6) is 0. The molecule has 0 aliphatic carbocycles. The fourth-order valence-corrected chi connectivity index (χ4v) is 4.33. The maximum atomic E-state index is 12.8. The van der Waals surface area contributed by atoms with Gasteiger partial charge in [-0.15, -0.1) is 12.4 Å². The SMILES string of the molecule is Cc1ccc(-c2ccn(-c3ccc4c5c(n(C)c4c3)CCNCC5)c(=O)n2)cc1.Cl. The smallest absolute Gasteiger partial charge is 0.347 e. The van der Waals surface area contributed by atoms with E-state index in [9.17, 15) is 4.79 Å². The standard InChI is InChI=1S/C24H24N4O.ClH/c1-16-3-5-17(6-4-16)21-11-14-28(24(29)26-21)18-7-8-19-20-9-12-25-13-10-22(20)27(2)23(19)15-18;/h3-8,11,14-15,25H,9-10,12-13H2,1-2H3;1H. The van der Waals surface area contributed by atoms with Gasteiger partial charge in [0.25, 0.3) is 0 Å². The maximum Gasteiger partial charge on any atom is 0.352 e. The Bertz CT molecular complexity index is 1270. The Morgan fingerprint density at radius 3 is 2.53 bits per heavy atom. The van der Waals surface area contributed by atoms with Gasteiger partial charge >= 0.3 is 5.69 Å². The first kappa shape index (κ1) is 20.4. The van der Waals surface area contributed by atoms with E-state index in [0.29, 0.717) is 5.69 Å². The lowest BCUT2D eigenvalue weighted by molar-refractivity contribution is 0.699. The van der Waals surface area contributed by atoms with Gasteiger partial charge in [-0.25, -0.2) is 4.79 Å². The van der Waals surface area contributed by atoms with E-state index in [0.717, 1.165) is 37.2 Å².